The van der Waals surface area contributed by atoms with Crippen LogP contribution in [-0.4, -0.2) is 29.4 Å². The van der Waals surface area contributed by atoms with Gasteiger partial charge in [0.25, 0.3) is 0 Å². The van der Waals surface area contributed by atoms with E-state index in [0.717, 1.165) is 24.4 Å². The predicted octanol–water partition coefficient (Wildman–Crippen LogP) is 2.22. The highest BCUT2D eigenvalue weighted by Gasteiger charge is 2.16. The zero-order valence-corrected chi connectivity index (χ0v) is 11.5. The molecule has 0 aliphatic rings. The van der Waals surface area contributed by atoms with Crippen molar-refractivity contribution in [1.82, 2.24) is 29.4 Å². The van der Waals surface area contributed by atoms with Crippen molar-refractivity contribution in [2.45, 2.75) is 26.8 Å². The van der Waals surface area contributed by atoms with Crippen molar-refractivity contribution < 1.29 is 0 Å². The molecule has 0 aliphatic carbocycles. The maximum absolute atomic E-state index is 6.18. The topological polar surface area (TPSA) is 60.9 Å². The molecular formula is C12H13ClN6. The normalized spacial score (nSPS) is 11.3. The highest BCUT2D eigenvalue weighted by Crippen LogP contribution is 2.22. The van der Waals surface area contributed by atoms with Gasteiger partial charge in [0.15, 0.2) is 11.5 Å². The van der Waals surface area contributed by atoms with E-state index in [2.05, 4.69) is 27.2 Å². The van der Waals surface area contributed by atoms with Crippen LogP contribution in [0.1, 0.15) is 19.5 Å². The van der Waals surface area contributed by atoms with E-state index in [0.29, 0.717) is 16.6 Å². The Morgan fingerprint density at radius 3 is 2.79 bits per heavy atom. The Morgan fingerprint density at radius 1 is 1.21 bits per heavy atom. The van der Waals surface area contributed by atoms with Crippen LogP contribution in [0.3, 0.4) is 0 Å². The molecule has 0 amide bonds. The summed E-state index contributed by atoms with van der Waals surface area (Å²) >= 11 is 6.18. The van der Waals surface area contributed by atoms with Gasteiger partial charge in [-0.05, 0) is 19.4 Å². The van der Waals surface area contributed by atoms with E-state index in [1.807, 2.05) is 17.7 Å². The average Bonchev–Trinajstić information content (AvgIpc) is 3.02. The second kappa shape index (κ2) is 4.62. The van der Waals surface area contributed by atoms with Gasteiger partial charge in [0.2, 0.25) is 0 Å². The molecule has 0 bridgehead atoms. The van der Waals surface area contributed by atoms with Crippen LogP contribution in [-0.2, 0) is 13.0 Å². The van der Waals surface area contributed by atoms with Crippen LogP contribution in [0.15, 0.2) is 18.5 Å². The molecule has 0 aromatic carbocycles. The molecule has 3 aromatic rings. The summed E-state index contributed by atoms with van der Waals surface area (Å²) in [6.07, 6.45) is 4.09. The zero-order chi connectivity index (χ0) is 13.4. The van der Waals surface area contributed by atoms with Crippen LogP contribution >= 0.6 is 11.6 Å². The molecule has 19 heavy (non-hydrogen) atoms. The molecule has 0 radical (unpaired) electrons. The Bertz CT molecular complexity index is 729. The van der Waals surface area contributed by atoms with Crippen molar-refractivity contribution in [2.75, 3.05) is 0 Å². The van der Waals surface area contributed by atoms with Crippen LogP contribution in [0.4, 0.5) is 0 Å². The third-order valence-electron chi connectivity index (χ3n) is 2.99. The number of aryl methyl sites for hydroxylation is 2. The number of hydrogen-bond acceptors (Lipinski definition) is 4. The summed E-state index contributed by atoms with van der Waals surface area (Å²) in [6, 6.07) is 2.02. The van der Waals surface area contributed by atoms with Crippen LogP contribution < -0.4 is 0 Å². The van der Waals surface area contributed by atoms with E-state index in [9.17, 15) is 0 Å². The SMILES string of the molecule is CCc1cc(-c2nnc3cncc(Cl)n23)n(CC)n1. The minimum absolute atomic E-state index is 0.486. The van der Waals surface area contributed by atoms with Crippen LogP contribution in [0.5, 0.6) is 0 Å². The van der Waals surface area contributed by atoms with Crippen molar-refractivity contribution in [3.05, 3.63) is 29.3 Å². The van der Waals surface area contributed by atoms with Gasteiger partial charge in [0.1, 0.15) is 10.8 Å². The van der Waals surface area contributed by atoms with Crippen LogP contribution in [0, 0.1) is 0 Å². The van der Waals surface area contributed by atoms with Gasteiger partial charge in [0.05, 0.1) is 18.1 Å². The first kappa shape index (κ1) is 12.1. The molecule has 98 valence electrons. The maximum atomic E-state index is 6.18. The van der Waals surface area contributed by atoms with Gasteiger partial charge in [-0.1, -0.05) is 18.5 Å². The fraction of sp³-hybridized carbons (Fsp3) is 0.333. The number of rotatable bonds is 3. The van der Waals surface area contributed by atoms with Crippen molar-refractivity contribution in [3.8, 4) is 11.5 Å². The van der Waals surface area contributed by atoms with E-state index in [4.69, 9.17) is 11.6 Å². The van der Waals surface area contributed by atoms with E-state index >= 15 is 0 Å². The summed E-state index contributed by atoms with van der Waals surface area (Å²) < 4.78 is 3.68. The van der Waals surface area contributed by atoms with Crippen molar-refractivity contribution in [1.29, 1.82) is 0 Å². The smallest absolute Gasteiger partial charge is 0.187 e. The number of fused-ring (bicyclic) bond motifs is 1. The van der Waals surface area contributed by atoms with Gasteiger partial charge in [-0.15, -0.1) is 10.2 Å². The Hall–Kier alpha value is -1.95. The molecule has 0 unspecified atom stereocenters. The van der Waals surface area contributed by atoms with Crippen molar-refractivity contribution in [3.63, 3.8) is 0 Å². The van der Waals surface area contributed by atoms with Crippen LogP contribution in [0.2, 0.25) is 5.15 Å². The summed E-state index contributed by atoms with van der Waals surface area (Å²) in [4.78, 5) is 4.01. The summed E-state index contributed by atoms with van der Waals surface area (Å²) in [7, 11) is 0. The minimum Gasteiger partial charge on any atom is -0.262 e. The first-order valence-electron chi connectivity index (χ1n) is 6.16. The predicted molar refractivity (Wildman–Crippen MR) is 72.1 cm³/mol. The second-order valence-corrected chi connectivity index (χ2v) is 4.52. The Morgan fingerprint density at radius 2 is 2.05 bits per heavy atom. The van der Waals surface area contributed by atoms with E-state index in [1.54, 1.807) is 16.8 Å². The Balaban J connectivity index is 2.27. The number of aromatic nitrogens is 6. The molecule has 0 fully saturated rings. The Labute approximate surface area is 115 Å². The lowest BCUT2D eigenvalue weighted by Gasteiger charge is -2.03. The van der Waals surface area contributed by atoms with E-state index in [1.165, 1.54) is 0 Å². The lowest BCUT2D eigenvalue weighted by atomic mass is 10.3. The summed E-state index contributed by atoms with van der Waals surface area (Å²) in [6.45, 7) is 4.89. The third-order valence-corrected chi connectivity index (χ3v) is 3.26. The van der Waals surface area contributed by atoms with Gasteiger partial charge in [-0.25, -0.2) is 0 Å². The first-order valence-corrected chi connectivity index (χ1v) is 6.54. The van der Waals surface area contributed by atoms with Gasteiger partial charge in [-0.3, -0.25) is 14.1 Å². The van der Waals surface area contributed by atoms with Gasteiger partial charge < -0.3 is 0 Å². The fourth-order valence-electron chi connectivity index (χ4n) is 2.04. The summed E-state index contributed by atoms with van der Waals surface area (Å²) in [5.74, 6) is 0.691. The zero-order valence-electron chi connectivity index (χ0n) is 10.7. The van der Waals surface area contributed by atoms with Crippen molar-refractivity contribution in [2.24, 2.45) is 0 Å². The molecule has 3 rings (SSSR count). The second-order valence-electron chi connectivity index (χ2n) is 4.14. The third kappa shape index (κ3) is 1.88. The maximum Gasteiger partial charge on any atom is 0.187 e. The molecule has 0 saturated carbocycles. The molecule has 0 saturated heterocycles. The molecule has 3 heterocycles. The molecule has 0 spiro atoms. The molecule has 0 atom stereocenters. The molecule has 0 N–H and O–H groups in total. The monoisotopic (exact) mass is 276 g/mol. The lowest BCUT2D eigenvalue weighted by Crippen LogP contribution is -2.02. The highest BCUT2D eigenvalue weighted by molar-refractivity contribution is 6.29. The summed E-state index contributed by atoms with van der Waals surface area (Å²) in [5, 5.41) is 13.3. The van der Waals surface area contributed by atoms with E-state index in [-0.39, 0.29) is 0 Å². The molecule has 0 aliphatic heterocycles. The number of nitrogens with zero attached hydrogens (tertiary/aromatic N) is 6. The van der Waals surface area contributed by atoms with Crippen LogP contribution in [0.25, 0.3) is 17.2 Å². The average molecular weight is 277 g/mol. The summed E-state index contributed by atoms with van der Waals surface area (Å²) in [5.41, 5.74) is 2.57. The van der Waals surface area contributed by atoms with Gasteiger partial charge >= 0.3 is 0 Å². The highest BCUT2D eigenvalue weighted by atomic mass is 35.5. The Kier molecular flexibility index (Phi) is 2.94. The fourth-order valence-corrected chi connectivity index (χ4v) is 2.27. The lowest BCUT2D eigenvalue weighted by molar-refractivity contribution is 0.651. The number of hydrogen-bond donors (Lipinski definition) is 0. The molecule has 6 nitrogen and oxygen atoms in total. The number of halogens is 1. The largest absolute Gasteiger partial charge is 0.262 e. The molecule has 7 heteroatoms. The standard InChI is InChI=1S/C12H13ClN6/c1-3-8-5-9(18(4-2)17-8)12-16-15-11-7-14-6-10(13)19(11)12/h5-7H,3-4H2,1-2H3. The van der Waals surface area contributed by atoms with E-state index < -0.39 is 0 Å². The quantitative estimate of drug-likeness (QED) is 0.736. The molecular weight excluding hydrogens is 264 g/mol. The minimum atomic E-state index is 0.486. The van der Waals surface area contributed by atoms with Gasteiger partial charge in [0, 0.05) is 6.54 Å². The van der Waals surface area contributed by atoms with Gasteiger partial charge in [-0.2, -0.15) is 5.10 Å². The molecule has 3 aromatic heterocycles. The van der Waals surface area contributed by atoms with Crippen molar-refractivity contribution >= 4 is 17.2 Å². The first-order chi connectivity index (χ1) is 9.24.